The highest BCUT2D eigenvalue weighted by Crippen LogP contribution is 2.57. The van der Waals surface area contributed by atoms with Crippen LogP contribution in [0.25, 0.3) is 0 Å². The molecule has 8 nitrogen and oxygen atoms in total. The van der Waals surface area contributed by atoms with Crippen LogP contribution >= 0.6 is 0 Å². The third kappa shape index (κ3) is 4.67. The summed E-state index contributed by atoms with van der Waals surface area (Å²) in [5.74, 6) is 1.00. The highest BCUT2D eigenvalue weighted by Gasteiger charge is 2.51. The number of hydrogen-bond acceptors (Lipinski definition) is 5. The van der Waals surface area contributed by atoms with E-state index in [0.29, 0.717) is 17.1 Å². The summed E-state index contributed by atoms with van der Waals surface area (Å²) in [6.45, 7) is 0.288. The van der Waals surface area contributed by atoms with Gasteiger partial charge in [0.15, 0.2) is 5.69 Å². The maximum atomic E-state index is 13.6. The molecule has 7 rings (SSSR count). The fourth-order valence-electron chi connectivity index (χ4n) is 7.77. The predicted molar refractivity (Wildman–Crippen MR) is 134 cm³/mol. The average Bonchev–Trinajstić information content (AvgIpc) is 3.08. The van der Waals surface area contributed by atoms with Crippen LogP contribution in [0.3, 0.4) is 0 Å². The SMILES string of the molecule is O=C(O)c1cccc(NC(=O)c2c(COC34CC5CC(CC(C5)C3)C4)nnn2C2CCCCCC2)c1. The summed E-state index contributed by atoms with van der Waals surface area (Å²) >= 11 is 0. The Morgan fingerprint density at radius 1 is 1.03 bits per heavy atom. The summed E-state index contributed by atoms with van der Waals surface area (Å²) in [6.07, 6.45) is 14.0. The van der Waals surface area contributed by atoms with E-state index in [0.717, 1.165) is 62.7 Å². The quantitative estimate of drug-likeness (QED) is 0.487. The minimum atomic E-state index is -1.03. The second-order valence-electron chi connectivity index (χ2n) is 11.7. The molecule has 5 aliphatic rings. The minimum absolute atomic E-state index is 0.0790. The molecule has 0 unspecified atom stereocenters. The Bertz CT molecular complexity index is 1100. The molecule has 1 aromatic carbocycles. The number of carbonyl (C=O) groups is 2. The molecule has 0 spiro atoms. The first-order valence-electron chi connectivity index (χ1n) is 13.7. The molecule has 5 saturated carbocycles. The van der Waals surface area contributed by atoms with Crippen LogP contribution in [-0.2, 0) is 11.3 Å². The summed E-state index contributed by atoms with van der Waals surface area (Å²) in [4.78, 5) is 25.0. The van der Waals surface area contributed by atoms with E-state index < -0.39 is 5.97 Å². The van der Waals surface area contributed by atoms with E-state index in [1.807, 2.05) is 4.68 Å². The molecule has 1 amide bonds. The largest absolute Gasteiger partial charge is 0.478 e. The fraction of sp³-hybridized carbons (Fsp3) is 0.643. The van der Waals surface area contributed by atoms with Crippen molar-refractivity contribution in [1.82, 2.24) is 15.0 Å². The van der Waals surface area contributed by atoms with Gasteiger partial charge in [0, 0.05) is 5.69 Å². The normalized spacial score (nSPS) is 29.7. The average molecular weight is 493 g/mol. The van der Waals surface area contributed by atoms with Crippen molar-refractivity contribution in [3.05, 3.63) is 41.2 Å². The second-order valence-corrected chi connectivity index (χ2v) is 11.7. The number of rotatable bonds is 7. The van der Waals surface area contributed by atoms with Crippen molar-refractivity contribution in [2.45, 2.75) is 95.3 Å². The van der Waals surface area contributed by atoms with Crippen LogP contribution in [0.2, 0.25) is 0 Å². The van der Waals surface area contributed by atoms with Gasteiger partial charge in [-0.15, -0.1) is 5.10 Å². The molecule has 1 heterocycles. The lowest BCUT2D eigenvalue weighted by molar-refractivity contribution is -0.169. The molecule has 1 aromatic heterocycles. The Labute approximate surface area is 211 Å². The zero-order valence-corrected chi connectivity index (χ0v) is 20.8. The van der Waals surface area contributed by atoms with Gasteiger partial charge in [-0.3, -0.25) is 4.79 Å². The van der Waals surface area contributed by atoms with Gasteiger partial charge in [0.1, 0.15) is 5.69 Å². The number of amides is 1. The smallest absolute Gasteiger partial charge is 0.335 e. The predicted octanol–water partition coefficient (Wildman–Crippen LogP) is 5.61. The van der Waals surface area contributed by atoms with E-state index in [1.54, 1.807) is 12.1 Å². The van der Waals surface area contributed by atoms with Gasteiger partial charge in [0.2, 0.25) is 0 Å². The molecule has 8 heteroatoms. The molecule has 2 aromatic rings. The topological polar surface area (TPSA) is 106 Å². The van der Waals surface area contributed by atoms with Gasteiger partial charge < -0.3 is 15.2 Å². The maximum Gasteiger partial charge on any atom is 0.335 e. The Morgan fingerprint density at radius 3 is 2.33 bits per heavy atom. The lowest BCUT2D eigenvalue weighted by Gasteiger charge is -2.56. The zero-order valence-electron chi connectivity index (χ0n) is 20.8. The van der Waals surface area contributed by atoms with Gasteiger partial charge in [0.05, 0.1) is 23.8 Å². The van der Waals surface area contributed by atoms with Crippen molar-refractivity contribution in [3.63, 3.8) is 0 Å². The van der Waals surface area contributed by atoms with Gasteiger partial charge in [-0.05, 0) is 87.3 Å². The molecular weight excluding hydrogens is 456 g/mol. The third-order valence-corrected chi connectivity index (χ3v) is 9.01. The number of nitrogens with zero attached hydrogens (tertiary/aromatic N) is 3. The lowest BCUT2D eigenvalue weighted by Crippen LogP contribution is -2.51. The molecule has 0 radical (unpaired) electrons. The summed E-state index contributed by atoms with van der Waals surface area (Å²) in [5, 5.41) is 21.2. The number of carbonyl (C=O) groups excluding carboxylic acids is 1. The summed E-state index contributed by atoms with van der Waals surface area (Å²) in [7, 11) is 0. The molecule has 0 saturated heterocycles. The van der Waals surface area contributed by atoms with Crippen molar-refractivity contribution in [1.29, 1.82) is 0 Å². The second kappa shape index (κ2) is 9.61. The number of aromatic nitrogens is 3. The molecule has 5 fully saturated rings. The fourth-order valence-corrected chi connectivity index (χ4v) is 7.77. The first kappa shape index (κ1) is 23.6. The van der Waals surface area contributed by atoms with E-state index in [2.05, 4.69) is 15.6 Å². The number of aromatic carboxylic acids is 1. The van der Waals surface area contributed by atoms with Crippen molar-refractivity contribution < 1.29 is 19.4 Å². The van der Waals surface area contributed by atoms with Crippen molar-refractivity contribution >= 4 is 17.6 Å². The van der Waals surface area contributed by atoms with Crippen LogP contribution in [0.15, 0.2) is 24.3 Å². The number of ether oxygens (including phenoxy) is 1. The summed E-state index contributed by atoms with van der Waals surface area (Å²) in [5.41, 5.74) is 1.54. The molecule has 2 N–H and O–H groups in total. The van der Waals surface area contributed by atoms with Crippen molar-refractivity contribution in [2.24, 2.45) is 17.8 Å². The maximum absolute atomic E-state index is 13.6. The molecule has 36 heavy (non-hydrogen) atoms. The van der Waals surface area contributed by atoms with Crippen LogP contribution in [0.5, 0.6) is 0 Å². The number of carboxylic acid groups (broad SMARTS) is 1. The van der Waals surface area contributed by atoms with Gasteiger partial charge in [-0.2, -0.15) is 0 Å². The Morgan fingerprint density at radius 2 is 1.69 bits per heavy atom. The third-order valence-electron chi connectivity index (χ3n) is 9.01. The molecular formula is C28H36N4O4. The van der Waals surface area contributed by atoms with Gasteiger partial charge in [-0.1, -0.05) is 37.0 Å². The van der Waals surface area contributed by atoms with E-state index in [-0.39, 0.29) is 29.7 Å². The number of carboxylic acids is 1. The lowest BCUT2D eigenvalue weighted by atomic mass is 9.54. The van der Waals surface area contributed by atoms with Crippen LogP contribution < -0.4 is 5.32 Å². The summed E-state index contributed by atoms with van der Waals surface area (Å²) < 4.78 is 8.49. The number of hydrogen-bond donors (Lipinski definition) is 2. The van der Waals surface area contributed by atoms with Crippen LogP contribution in [0.4, 0.5) is 5.69 Å². The van der Waals surface area contributed by atoms with E-state index in [4.69, 9.17) is 4.74 Å². The first-order chi connectivity index (χ1) is 17.5. The summed E-state index contributed by atoms with van der Waals surface area (Å²) in [6, 6.07) is 6.47. The number of anilines is 1. The molecule has 5 aliphatic carbocycles. The minimum Gasteiger partial charge on any atom is -0.478 e. The van der Waals surface area contributed by atoms with E-state index in [1.165, 1.54) is 44.2 Å². The van der Waals surface area contributed by atoms with Crippen LogP contribution in [-0.4, -0.2) is 37.6 Å². The Balaban J connectivity index is 1.26. The van der Waals surface area contributed by atoms with Gasteiger partial charge in [0.25, 0.3) is 5.91 Å². The molecule has 4 bridgehead atoms. The van der Waals surface area contributed by atoms with Crippen molar-refractivity contribution in [3.8, 4) is 0 Å². The first-order valence-corrected chi connectivity index (χ1v) is 13.7. The molecule has 192 valence electrons. The number of nitrogens with one attached hydrogen (secondary N) is 1. The van der Waals surface area contributed by atoms with Crippen LogP contribution in [0, 0.1) is 17.8 Å². The van der Waals surface area contributed by atoms with Gasteiger partial charge in [-0.25, -0.2) is 9.48 Å². The standard InChI is InChI=1S/C28H36N4O4/c33-26(29-22-7-5-6-21(13-22)27(34)35)25-24(30-31-32(25)23-8-3-1-2-4-9-23)17-36-28-14-18-10-19(15-28)12-20(11-18)16-28/h5-7,13,18-20,23H,1-4,8-12,14-17H2,(H,29,33)(H,34,35). The van der Waals surface area contributed by atoms with Gasteiger partial charge >= 0.3 is 5.97 Å². The molecule has 0 atom stereocenters. The van der Waals surface area contributed by atoms with E-state index in [9.17, 15) is 14.7 Å². The monoisotopic (exact) mass is 492 g/mol. The Hall–Kier alpha value is -2.74. The zero-order chi connectivity index (χ0) is 24.7. The Kier molecular flexibility index (Phi) is 6.32. The van der Waals surface area contributed by atoms with Crippen LogP contribution in [0.1, 0.15) is 110 Å². The highest BCUT2D eigenvalue weighted by molar-refractivity contribution is 6.04. The van der Waals surface area contributed by atoms with E-state index >= 15 is 0 Å². The van der Waals surface area contributed by atoms with Crippen molar-refractivity contribution in [2.75, 3.05) is 5.32 Å². The highest BCUT2D eigenvalue weighted by atomic mass is 16.5. The number of benzene rings is 1. The molecule has 0 aliphatic heterocycles.